The normalized spacial score (nSPS) is 17.1. The van der Waals surface area contributed by atoms with Crippen LogP contribution in [0.15, 0.2) is 9.90 Å². The lowest BCUT2D eigenvalue weighted by Gasteiger charge is -2.31. The first-order chi connectivity index (χ1) is 9.15. The van der Waals surface area contributed by atoms with Crippen LogP contribution in [0.3, 0.4) is 0 Å². The van der Waals surface area contributed by atoms with Gasteiger partial charge < -0.3 is 20.1 Å². The standard InChI is InChI=1S/C12H17N5OS/c1-8-7-19-10(9(8)13)11-14-12(15-18-11)17-5-3-16(2)4-6-17/h7H,3-6,13H2,1-2H3. The maximum absolute atomic E-state index is 6.00. The maximum Gasteiger partial charge on any atom is 0.271 e. The Morgan fingerprint density at radius 2 is 2.05 bits per heavy atom. The third-order valence-electron chi connectivity index (χ3n) is 3.42. The van der Waals surface area contributed by atoms with E-state index >= 15 is 0 Å². The molecule has 1 aliphatic rings. The number of nitrogens with two attached hydrogens (primary N) is 1. The Labute approximate surface area is 115 Å². The average molecular weight is 279 g/mol. The molecule has 0 amide bonds. The third-order valence-corrected chi connectivity index (χ3v) is 4.52. The van der Waals surface area contributed by atoms with Crippen molar-refractivity contribution >= 4 is 23.0 Å². The number of nitrogens with zero attached hydrogens (tertiary/aromatic N) is 4. The van der Waals surface area contributed by atoms with Crippen LogP contribution in [0, 0.1) is 6.92 Å². The zero-order chi connectivity index (χ0) is 13.4. The van der Waals surface area contributed by atoms with Crippen molar-refractivity contribution < 1.29 is 4.52 Å². The Balaban J connectivity index is 1.82. The molecule has 2 aromatic rings. The van der Waals surface area contributed by atoms with Gasteiger partial charge in [0, 0.05) is 26.2 Å². The molecular formula is C12H17N5OS. The molecule has 2 N–H and O–H groups in total. The highest BCUT2D eigenvalue weighted by Gasteiger charge is 2.21. The second-order valence-electron chi connectivity index (χ2n) is 4.85. The third kappa shape index (κ3) is 2.31. The largest absolute Gasteiger partial charge is 0.397 e. The minimum atomic E-state index is 0.518. The molecule has 1 aliphatic heterocycles. The molecule has 0 atom stereocenters. The molecule has 0 bridgehead atoms. The summed E-state index contributed by atoms with van der Waals surface area (Å²) in [4.78, 5) is 9.76. The summed E-state index contributed by atoms with van der Waals surface area (Å²) in [6, 6.07) is 0. The number of aromatic nitrogens is 2. The first kappa shape index (κ1) is 12.4. The van der Waals surface area contributed by atoms with Crippen molar-refractivity contribution in [3.63, 3.8) is 0 Å². The van der Waals surface area contributed by atoms with E-state index in [-0.39, 0.29) is 0 Å². The molecule has 0 spiro atoms. The van der Waals surface area contributed by atoms with Crippen LogP contribution in [0.4, 0.5) is 11.6 Å². The van der Waals surface area contributed by atoms with Gasteiger partial charge in [0.1, 0.15) is 4.88 Å². The van der Waals surface area contributed by atoms with Crippen LogP contribution >= 0.6 is 11.3 Å². The van der Waals surface area contributed by atoms with E-state index in [1.54, 1.807) is 11.3 Å². The number of piperazine rings is 1. The van der Waals surface area contributed by atoms with E-state index in [1.165, 1.54) is 0 Å². The van der Waals surface area contributed by atoms with Gasteiger partial charge in [-0.2, -0.15) is 4.98 Å². The van der Waals surface area contributed by atoms with Gasteiger partial charge in [-0.3, -0.25) is 0 Å². The van der Waals surface area contributed by atoms with Crippen molar-refractivity contribution in [2.45, 2.75) is 6.92 Å². The van der Waals surface area contributed by atoms with E-state index in [9.17, 15) is 0 Å². The van der Waals surface area contributed by atoms with Crippen LogP contribution in [0.1, 0.15) is 5.56 Å². The summed E-state index contributed by atoms with van der Waals surface area (Å²) in [5, 5.41) is 6.07. The van der Waals surface area contributed by atoms with Crippen molar-refractivity contribution in [1.82, 2.24) is 15.0 Å². The second-order valence-corrected chi connectivity index (χ2v) is 5.73. The summed E-state index contributed by atoms with van der Waals surface area (Å²) < 4.78 is 5.34. The Morgan fingerprint density at radius 1 is 1.32 bits per heavy atom. The number of nitrogen functional groups attached to an aromatic ring is 1. The first-order valence-corrected chi connectivity index (χ1v) is 7.14. The fraction of sp³-hybridized carbons (Fsp3) is 0.500. The Morgan fingerprint density at radius 3 is 2.68 bits per heavy atom. The lowest BCUT2D eigenvalue weighted by atomic mass is 10.3. The quantitative estimate of drug-likeness (QED) is 0.897. The second kappa shape index (κ2) is 4.82. The van der Waals surface area contributed by atoms with Gasteiger partial charge in [0.05, 0.1) is 5.69 Å². The van der Waals surface area contributed by atoms with Crippen LogP contribution in [-0.2, 0) is 0 Å². The van der Waals surface area contributed by atoms with E-state index in [1.807, 2.05) is 12.3 Å². The molecule has 1 fully saturated rings. The van der Waals surface area contributed by atoms with Crippen LogP contribution in [-0.4, -0.2) is 48.3 Å². The van der Waals surface area contributed by atoms with Crippen molar-refractivity contribution in [3.8, 4) is 10.8 Å². The van der Waals surface area contributed by atoms with Crippen molar-refractivity contribution in [1.29, 1.82) is 0 Å². The van der Waals surface area contributed by atoms with Gasteiger partial charge in [-0.1, -0.05) is 0 Å². The molecule has 0 aromatic carbocycles. The summed E-state index contributed by atoms with van der Waals surface area (Å²) in [5.41, 5.74) is 7.79. The maximum atomic E-state index is 6.00. The summed E-state index contributed by atoms with van der Waals surface area (Å²) in [5.74, 6) is 1.18. The topological polar surface area (TPSA) is 71.4 Å². The van der Waals surface area contributed by atoms with Crippen LogP contribution in [0.5, 0.6) is 0 Å². The first-order valence-electron chi connectivity index (χ1n) is 6.26. The summed E-state index contributed by atoms with van der Waals surface area (Å²) >= 11 is 1.54. The fourth-order valence-corrected chi connectivity index (χ4v) is 2.96. The minimum absolute atomic E-state index is 0.518. The summed E-state index contributed by atoms with van der Waals surface area (Å²) in [6.45, 7) is 5.87. The molecule has 2 aromatic heterocycles. The lowest BCUT2D eigenvalue weighted by molar-refractivity contribution is 0.309. The zero-order valence-corrected chi connectivity index (χ0v) is 11.9. The predicted octanol–water partition coefficient (Wildman–Crippen LogP) is 1.44. The highest BCUT2D eigenvalue weighted by Crippen LogP contribution is 2.34. The van der Waals surface area contributed by atoms with Crippen LogP contribution in [0.25, 0.3) is 10.8 Å². The van der Waals surface area contributed by atoms with E-state index < -0.39 is 0 Å². The number of hydrogen-bond donors (Lipinski definition) is 1. The number of anilines is 2. The molecule has 19 heavy (non-hydrogen) atoms. The molecular weight excluding hydrogens is 262 g/mol. The van der Waals surface area contributed by atoms with Gasteiger partial charge >= 0.3 is 0 Å². The van der Waals surface area contributed by atoms with Gasteiger partial charge in [-0.25, -0.2) is 0 Å². The summed E-state index contributed by atoms with van der Waals surface area (Å²) in [6.07, 6.45) is 0. The highest BCUT2D eigenvalue weighted by molar-refractivity contribution is 7.14. The van der Waals surface area contributed by atoms with Crippen molar-refractivity contribution in [2.24, 2.45) is 0 Å². The van der Waals surface area contributed by atoms with Gasteiger partial charge in [0.25, 0.3) is 11.8 Å². The van der Waals surface area contributed by atoms with E-state index in [0.29, 0.717) is 11.8 Å². The smallest absolute Gasteiger partial charge is 0.271 e. The Kier molecular flexibility index (Phi) is 3.16. The van der Waals surface area contributed by atoms with Gasteiger partial charge in [-0.15, -0.1) is 11.3 Å². The number of rotatable bonds is 2. The SMILES string of the molecule is Cc1csc(-c2nc(N3CCN(C)CC3)no2)c1N. The molecule has 0 saturated carbocycles. The number of aryl methyl sites for hydroxylation is 1. The number of thiophene rings is 1. The molecule has 1 saturated heterocycles. The van der Waals surface area contributed by atoms with E-state index in [0.717, 1.165) is 42.3 Å². The summed E-state index contributed by atoms with van der Waals surface area (Å²) in [7, 11) is 2.12. The van der Waals surface area contributed by atoms with Crippen molar-refractivity contribution in [3.05, 3.63) is 10.9 Å². The molecule has 3 rings (SSSR count). The fourth-order valence-electron chi connectivity index (χ4n) is 2.06. The molecule has 0 aliphatic carbocycles. The van der Waals surface area contributed by atoms with Crippen LogP contribution in [0.2, 0.25) is 0 Å². The van der Waals surface area contributed by atoms with Crippen molar-refractivity contribution in [2.75, 3.05) is 43.9 Å². The molecule has 102 valence electrons. The molecule has 0 radical (unpaired) electrons. The van der Waals surface area contributed by atoms with Gasteiger partial charge in [0.2, 0.25) is 0 Å². The zero-order valence-electron chi connectivity index (χ0n) is 11.1. The van der Waals surface area contributed by atoms with Gasteiger partial charge in [-0.05, 0) is 30.1 Å². The van der Waals surface area contributed by atoms with Gasteiger partial charge in [0.15, 0.2) is 0 Å². The molecule has 0 unspecified atom stereocenters. The Bertz CT molecular complexity index is 570. The number of likely N-dealkylation sites (N-methyl/N-ethyl adjacent to an activating group) is 1. The minimum Gasteiger partial charge on any atom is -0.397 e. The molecule has 3 heterocycles. The Hall–Kier alpha value is -1.60. The molecule has 6 nitrogen and oxygen atoms in total. The van der Waals surface area contributed by atoms with E-state index in [2.05, 4.69) is 27.0 Å². The van der Waals surface area contributed by atoms with Crippen LogP contribution < -0.4 is 10.6 Å². The molecule has 7 heteroatoms. The highest BCUT2D eigenvalue weighted by atomic mass is 32.1. The van der Waals surface area contributed by atoms with E-state index in [4.69, 9.17) is 10.3 Å². The number of hydrogen-bond acceptors (Lipinski definition) is 7. The average Bonchev–Trinajstić information content (AvgIpc) is 2.99. The monoisotopic (exact) mass is 279 g/mol. The predicted molar refractivity (Wildman–Crippen MR) is 76.5 cm³/mol. The lowest BCUT2D eigenvalue weighted by Crippen LogP contribution is -2.44.